The van der Waals surface area contributed by atoms with E-state index >= 15 is 0 Å². The first-order valence-electron chi connectivity index (χ1n) is 8.46. The van der Waals surface area contributed by atoms with E-state index in [4.69, 9.17) is 0 Å². The summed E-state index contributed by atoms with van der Waals surface area (Å²) in [6, 6.07) is -0.620. The maximum absolute atomic E-state index is 12.5. The summed E-state index contributed by atoms with van der Waals surface area (Å²) < 4.78 is 0. The maximum atomic E-state index is 12.5. The molecule has 23 heavy (non-hydrogen) atoms. The van der Waals surface area contributed by atoms with Gasteiger partial charge < -0.3 is 4.90 Å². The van der Waals surface area contributed by atoms with Crippen molar-refractivity contribution in [3.05, 3.63) is 0 Å². The summed E-state index contributed by atoms with van der Waals surface area (Å²) in [7, 11) is 0. The quantitative estimate of drug-likeness (QED) is 0.457. The van der Waals surface area contributed by atoms with E-state index in [0.29, 0.717) is 18.8 Å². The van der Waals surface area contributed by atoms with Crippen LogP contribution in [-0.2, 0) is 9.59 Å². The number of nitrogens with zero attached hydrogens (tertiary/aromatic N) is 2. The highest BCUT2D eigenvalue weighted by molar-refractivity contribution is 6.27. The number of urea groups is 1. The highest BCUT2D eigenvalue weighted by atomic mass is 16.2. The molecule has 0 spiro atoms. The SMILES string of the molecule is CCCCN1C(=O)NC(=O)[C@@H](C(C)=NCC[NH+](CC)CC)C1=O. The molecule has 2 N–H and O–H groups in total. The summed E-state index contributed by atoms with van der Waals surface area (Å²) in [6.07, 6.45) is 1.59. The third kappa shape index (κ3) is 5.13. The number of quaternary nitrogens is 1. The Hall–Kier alpha value is -1.76. The van der Waals surface area contributed by atoms with Gasteiger partial charge in [-0.25, -0.2) is 4.79 Å². The van der Waals surface area contributed by atoms with Gasteiger partial charge in [0.1, 0.15) is 0 Å². The lowest BCUT2D eigenvalue weighted by Crippen LogP contribution is -3.11. The highest BCUT2D eigenvalue weighted by Gasteiger charge is 2.41. The lowest BCUT2D eigenvalue weighted by Gasteiger charge is -2.30. The molecule has 0 aromatic rings. The number of unbranched alkanes of at least 4 members (excludes halogenated alkanes) is 1. The normalized spacial score (nSPS) is 19.5. The average Bonchev–Trinajstić information content (AvgIpc) is 2.51. The van der Waals surface area contributed by atoms with E-state index in [-0.39, 0.29) is 0 Å². The molecule has 1 atom stereocenters. The maximum Gasteiger partial charge on any atom is 0.330 e. The molecule has 1 aliphatic rings. The van der Waals surface area contributed by atoms with Crippen molar-refractivity contribution in [2.75, 3.05) is 32.7 Å². The van der Waals surface area contributed by atoms with Crippen LogP contribution >= 0.6 is 0 Å². The van der Waals surface area contributed by atoms with E-state index in [9.17, 15) is 14.4 Å². The Morgan fingerprint density at radius 3 is 2.43 bits per heavy atom. The molecule has 1 saturated heterocycles. The molecule has 1 heterocycles. The van der Waals surface area contributed by atoms with Gasteiger partial charge in [0.05, 0.1) is 26.2 Å². The van der Waals surface area contributed by atoms with Crippen LogP contribution in [0.15, 0.2) is 4.99 Å². The molecule has 0 aromatic carbocycles. The van der Waals surface area contributed by atoms with E-state index in [1.54, 1.807) is 6.92 Å². The van der Waals surface area contributed by atoms with E-state index in [1.165, 1.54) is 4.90 Å². The van der Waals surface area contributed by atoms with E-state index < -0.39 is 23.8 Å². The van der Waals surface area contributed by atoms with Gasteiger partial charge in [-0.15, -0.1) is 0 Å². The first kappa shape index (κ1) is 19.3. The van der Waals surface area contributed by atoms with Crippen LogP contribution in [0.5, 0.6) is 0 Å². The van der Waals surface area contributed by atoms with Crippen LogP contribution in [0.4, 0.5) is 4.79 Å². The number of aliphatic imine (C=N–C) groups is 1. The zero-order chi connectivity index (χ0) is 17.4. The van der Waals surface area contributed by atoms with Crippen molar-refractivity contribution >= 4 is 23.6 Å². The van der Waals surface area contributed by atoms with Crippen molar-refractivity contribution in [3.8, 4) is 0 Å². The number of amides is 4. The molecule has 7 heteroatoms. The molecular weight excluding hydrogens is 296 g/mol. The van der Waals surface area contributed by atoms with Crippen LogP contribution in [0.3, 0.4) is 0 Å². The molecular formula is C16H29N4O3+. The molecule has 1 fully saturated rings. The summed E-state index contributed by atoms with van der Waals surface area (Å²) in [5.41, 5.74) is 0.480. The topological polar surface area (TPSA) is 83.3 Å². The van der Waals surface area contributed by atoms with Crippen LogP contribution in [-0.4, -0.2) is 61.2 Å². The summed E-state index contributed by atoms with van der Waals surface area (Å²) in [5.74, 6) is -2.00. The van der Waals surface area contributed by atoms with Gasteiger partial charge in [-0.1, -0.05) is 13.3 Å². The Morgan fingerprint density at radius 1 is 1.22 bits per heavy atom. The number of hydrogen-bond acceptors (Lipinski definition) is 4. The van der Waals surface area contributed by atoms with Crippen LogP contribution in [0.25, 0.3) is 0 Å². The molecule has 130 valence electrons. The molecule has 0 aliphatic carbocycles. The molecule has 1 rings (SSSR count). The van der Waals surface area contributed by atoms with Gasteiger partial charge in [0.2, 0.25) is 11.8 Å². The number of carbonyl (C=O) groups excluding carboxylic acids is 3. The van der Waals surface area contributed by atoms with Crippen molar-refractivity contribution < 1.29 is 19.3 Å². The third-order valence-electron chi connectivity index (χ3n) is 4.23. The summed E-state index contributed by atoms with van der Waals surface area (Å²) >= 11 is 0. The van der Waals surface area contributed by atoms with E-state index in [0.717, 1.165) is 37.4 Å². The zero-order valence-corrected chi connectivity index (χ0v) is 14.6. The monoisotopic (exact) mass is 325 g/mol. The fourth-order valence-electron chi connectivity index (χ4n) is 2.59. The van der Waals surface area contributed by atoms with Crippen molar-refractivity contribution in [2.24, 2.45) is 10.9 Å². The van der Waals surface area contributed by atoms with Gasteiger partial charge >= 0.3 is 6.03 Å². The van der Waals surface area contributed by atoms with E-state index in [1.807, 2.05) is 6.92 Å². The first-order chi connectivity index (χ1) is 11.0. The van der Waals surface area contributed by atoms with Crippen molar-refractivity contribution in [3.63, 3.8) is 0 Å². The Balaban J connectivity index is 2.76. The van der Waals surface area contributed by atoms with Gasteiger partial charge in [-0.05, 0) is 27.2 Å². The smallest absolute Gasteiger partial charge is 0.330 e. The molecule has 0 radical (unpaired) electrons. The van der Waals surface area contributed by atoms with Crippen LogP contribution in [0.2, 0.25) is 0 Å². The Morgan fingerprint density at radius 2 is 1.87 bits per heavy atom. The second-order valence-electron chi connectivity index (χ2n) is 5.80. The van der Waals surface area contributed by atoms with Gasteiger partial charge in [0.25, 0.3) is 0 Å². The fraction of sp³-hybridized carbons (Fsp3) is 0.750. The average molecular weight is 325 g/mol. The number of imide groups is 2. The highest BCUT2D eigenvalue weighted by Crippen LogP contribution is 2.13. The van der Waals surface area contributed by atoms with Gasteiger partial charge in [0, 0.05) is 12.3 Å². The first-order valence-corrected chi connectivity index (χ1v) is 8.46. The molecule has 0 saturated carbocycles. The van der Waals surface area contributed by atoms with Gasteiger partial charge in [-0.2, -0.15) is 0 Å². The minimum absolute atomic E-state index is 0.335. The molecule has 0 unspecified atom stereocenters. The fourth-order valence-corrected chi connectivity index (χ4v) is 2.59. The predicted octanol–water partition coefficient (Wildman–Crippen LogP) is -0.133. The second kappa shape index (κ2) is 9.39. The van der Waals surface area contributed by atoms with Crippen molar-refractivity contribution in [1.29, 1.82) is 0 Å². The number of hydrogen-bond donors (Lipinski definition) is 2. The largest absolute Gasteiger partial charge is 0.334 e. The van der Waals surface area contributed by atoms with E-state index in [2.05, 4.69) is 24.2 Å². The van der Waals surface area contributed by atoms with Crippen molar-refractivity contribution in [2.45, 2.75) is 40.5 Å². The Kier molecular flexibility index (Phi) is 7.88. The summed E-state index contributed by atoms with van der Waals surface area (Å²) in [6.45, 7) is 11.7. The molecule has 4 amide bonds. The van der Waals surface area contributed by atoms with Crippen molar-refractivity contribution in [1.82, 2.24) is 10.2 Å². The third-order valence-corrected chi connectivity index (χ3v) is 4.23. The molecule has 1 aliphatic heterocycles. The number of nitrogens with one attached hydrogen (secondary N) is 2. The Labute approximate surface area is 138 Å². The lowest BCUT2D eigenvalue weighted by molar-refractivity contribution is -0.894. The van der Waals surface area contributed by atoms with Gasteiger partial charge in [0.15, 0.2) is 5.92 Å². The number of barbiturate groups is 1. The number of rotatable bonds is 9. The molecule has 7 nitrogen and oxygen atoms in total. The number of likely N-dealkylation sites (N-methyl/N-ethyl adjacent to an activating group) is 1. The van der Waals surface area contributed by atoms with Crippen LogP contribution in [0, 0.1) is 5.92 Å². The minimum Gasteiger partial charge on any atom is -0.334 e. The minimum atomic E-state index is -0.976. The number of carbonyl (C=O) groups is 3. The standard InChI is InChI=1S/C16H28N4O3/c1-5-8-10-20-15(22)13(14(21)18-16(20)23)12(4)17-9-11-19(6-2)7-3/h13H,5-11H2,1-4H3,(H,18,21,23)/p+1/t13-/m1/s1. The lowest BCUT2D eigenvalue weighted by atomic mass is 9.99. The summed E-state index contributed by atoms with van der Waals surface area (Å²) in [5, 5.41) is 2.26. The summed E-state index contributed by atoms with van der Waals surface area (Å²) in [4.78, 5) is 43.2. The van der Waals surface area contributed by atoms with Crippen LogP contribution in [0.1, 0.15) is 40.5 Å². The molecule has 0 aromatic heterocycles. The van der Waals surface area contributed by atoms with Gasteiger partial charge in [-0.3, -0.25) is 24.8 Å². The predicted molar refractivity (Wildman–Crippen MR) is 88.5 cm³/mol. The van der Waals surface area contributed by atoms with Crippen LogP contribution < -0.4 is 10.2 Å². The molecule has 0 bridgehead atoms. The zero-order valence-electron chi connectivity index (χ0n) is 14.6. The second-order valence-corrected chi connectivity index (χ2v) is 5.80. The Bertz CT molecular complexity index is 472.